The highest BCUT2D eigenvalue weighted by Gasteiger charge is 2.42. The number of nitrogens with one attached hydrogen (secondary N) is 2. The standard InChI is InChI=1S/C19H28N2O3/c22-14-19(9-10-19)13-21-18(23)20-11-4-12-24-17-8-3-6-15-5-1-2-7-16(15)17/h1-2,5,7,17,22H,3-4,6,8-14H2,(H2,20,21,23). The topological polar surface area (TPSA) is 70.6 Å². The Kier molecular flexibility index (Phi) is 5.74. The maximum Gasteiger partial charge on any atom is 0.314 e. The second-order valence-electron chi connectivity index (χ2n) is 7.07. The molecule has 3 N–H and O–H groups in total. The lowest BCUT2D eigenvalue weighted by atomic mass is 9.89. The summed E-state index contributed by atoms with van der Waals surface area (Å²) >= 11 is 0. The number of benzene rings is 1. The largest absolute Gasteiger partial charge is 0.396 e. The van der Waals surface area contributed by atoms with E-state index in [-0.39, 0.29) is 24.2 Å². The molecule has 0 heterocycles. The molecular weight excluding hydrogens is 304 g/mol. The number of carbonyl (C=O) groups excluding carboxylic acids is 1. The molecule has 2 amide bonds. The van der Waals surface area contributed by atoms with E-state index < -0.39 is 0 Å². The van der Waals surface area contributed by atoms with Crippen molar-refractivity contribution in [1.82, 2.24) is 10.6 Å². The minimum Gasteiger partial charge on any atom is -0.396 e. The van der Waals surface area contributed by atoms with Crippen LogP contribution in [0.2, 0.25) is 0 Å². The van der Waals surface area contributed by atoms with Crippen LogP contribution in [0, 0.1) is 5.41 Å². The molecular formula is C19H28N2O3. The summed E-state index contributed by atoms with van der Waals surface area (Å²) in [6, 6.07) is 8.37. The number of urea groups is 1. The van der Waals surface area contributed by atoms with Gasteiger partial charge in [0.25, 0.3) is 0 Å². The van der Waals surface area contributed by atoms with Crippen molar-refractivity contribution in [2.24, 2.45) is 5.41 Å². The van der Waals surface area contributed by atoms with Crippen molar-refractivity contribution in [3.63, 3.8) is 0 Å². The van der Waals surface area contributed by atoms with Gasteiger partial charge in [-0.15, -0.1) is 0 Å². The van der Waals surface area contributed by atoms with E-state index in [1.807, 2.05) is 0 Å². The molecule has 5 heteroatoms. The zero-order valence-corrected chi connectivity index (χ0v) is 14.2. The number of ether oxygens (including phenoxy) is 1. The summed E-state index contributed by atoms with van der Waals surface area (Å²) in [5, 5.41) is 14.9. The van der Waals surface area contributed by atoms with Crippen LogP contribution in [-0.4, -0.2) is 37.4 Å². The Morgan fingerprint density at radius 2 is 2.12 bits per heavy atom. The second-order valence-corrected chi connectivity index (χ2v) is 7.07. The summed E-state index contributed by atoms with van der Waals surface area (Å²) in [4.78, 5) is 11.7. The molecule has 1 aromatic rings. The van der Waals surface area contributed by atoms with Crippen LogP contribution in [0.1, 0.15) is 49.3 Å². The molecule has 0 bridgehead atoms. The fourth-order valence-corrected chi connectivity index (χ4v) is 3.28. The number of aliphatic hydroxyl groups excluding tert-OH is 1. The SMILES string of the molecule is O=C(NCCCOC1CCCc2ccccc21)NCC1(CO)CC1. The number of hydrogen-bond donors (Lipinski definition) is 3. The molecule has 1 atom stereocenters. The Bertz CT molecular complexity index is 557. The van der Waals surface area contributed by atoms with Crippen molar-refractivity contribution in [2.75, 3.05) is 26.3 Å². The molecule has 2 aliphatic rings. The van der Waals surface area contributed by atoms with Gasteiger partial charge in [-0.1, -0.05) is 24.3 Å². The van der Waals surface area contributed by atoms with Gasteiger partial charge >= 0.3 is 6.03 Å². The van der Waals surface area contributed by atoms with Gasteiger partial charge in [0.1, 0.15) is 0 Å². The average molecular weight is 332 g/mol. The highest BCUT2D eigenvalue weighted by atomic mass is 16.5. The third-order valence-electron chi connectivity index (χ3n) is 5.16. The molecule has 1 fully saturated rings. The Hall–Kier alpha value is -1.59. The number of amides is 2. The fourth-order valence-electron chi connectivity index (χ4n) is 3.28. The number of carbonyl (C=O) groups is 1. The first-order chi connectivity index (χ1) is 11.7. The van der Waals surface area contributed by atoms with Crippen molar-refractivity contribution in [3.05, 3.63) is 35.4 Å². The van der Waals surface area contributed by atoms with Crippen molar-refractivity contribution >= 4 is 6.03 Å². The van der Waals surface area contributed by atoms with Crippen molar-refractivity contribution < 1.29 is 14.6 Å². The zero-order chi connectivity index (χ0) is 16.8. The first kappa shape index (κ1) is 17.2. The molecule has 0 radical (unpaired) electrons. The van der Waals surface area contributed by atoms with Crippen LogP contribution in [0.3, 0.4) is 0 Å². The predicted molar refractivity (Wildman–Crippen MR) is 92.8 cm³/mol. The molecule has 0 aromatic heterocycles. The molecule has 3 rings (SSSR count). The second kappa shape index (κ2) is 7.99. The minimum absolute atomic E-state index is 0.0468. The Balaban J connectivity index is 1.30. The van der Waals surface area contributed by atoms with E-state index in [0.717, 1.165) is 32.1 Å². The third-order valence-corrected chi connectivity index (χ3v) is 5.16. The van der Waals surface area contributed by atoms with Gasteiger partial charge in [0.05, 0.1) is 12.7 Å². The normalized spacial score (nSPS) is 21.0. The lowest BCUT2D eigenvalue weighted by Gasteiger charge is -2.25. The molecule has 1 aromatic carbocycles. The summed E-state index contributed by atoms with van der Waals surface area (Å²) in [7, 11) is 0. The van der Waals surface area contributed by atoms with E-state index >= 15 is 0 Å². The number of aryl methyl sites for hydroxylation is 1. The van der Waals surface area contributed by atoms with Crippen LogP contribution in [-0.2, 0) is 11.2 Å². The quantitative estimate of drug-likeness (QED) is 0.641. The third kappa shape index (κ3) is 4.48. The summed E-state index contributed by atoms with van der Waals surface area (Å²) in [6.45, 7) is 1.97. The van der Waals surface area contributed by atoms with Gasteiger partial charge in [-0.25, -0.2) is 4.79 Å². The molecule has 0 saturated heterocycles. The molecule has 132 valence electrons. The van der Waals surface area contributed by atoms with Gasteiger partial charge in [0.2, 0.25) is 0 Å². The highest BCUT2D eigenvalue weighted by molar-refractivity contribution is 5.73. The van der Waals surface area contributed by atoms with Crippen LogP contribution in [0.15, 0.2) is 24.3 Å². The van der Waals surface area contributed by atoms with E-state index in [1.165, 1.54) is 17.5 Å². The number of fused-ring (bicyclic) bond motifs is 1. The van der Waals surface area contributed by atoms with Crippen molar-refractivity contribution in [1.29, 1.82) is 0 Å². The van der Waals surface area contributed by atoms with Gasteiger partial charge in [-0.05, 0) is 49.7 Å². The summed E-state index contributed by atoms with van der Waals surface area (Å²) in [5.74, 6) is 0. The lowest BCUT2D eigenvalue weighted by molar-refractivity contribution is 0.0396. The Labute approximate surface area is 143 Å². The molecule has 2 aliphatic carbocycles. The zero-order valence-electron chi connectivity index (χ0n) is 14.2. The predicted octanol–water partition coefficient (Wildman–Crippen LogP) is 2.54. The monoisotopic (exact) mass is 332 g/mol. The van der Waals surface area contributed by atoms with E-state index in [4.69, 9.17) is 4.74 Å². The number of hydrogen-bond acceptors (Lipinski definition) is 3. The minimum atomic E-state index is -0.155. The first-order valence-electron chi connectivity index (χ1n) is 9.04. The molecule has 1 saturated carbocycles. The average Bonchev–Trinajstić information content (AvgIpc) is 3.40. The van der Waals surface area contributed by atoms with Crippen LogP contribution < -0.4 is 10.6 Å². The van der Waals surface area contributed by atoms with Gasteiger partial charge in [-0.2, -0.15) is 0 Å². The van der Waals surface area contributed by atoms with E-state index in [0.29, 0.717) is 19.7 Å². The van der Waals surface area contributed by atoms with Crippen LogP contribution in [0.25, 0.3) is 0 Å². The van der Waals surface area contributed by atoms with Crippen molar-refractivity contribution in [2.45, 2.75) is 44.6 Å². The summed E-state index contributed by atoms with van der Waals surface area (Å²) in [6.07, 6.45) is 6.40. The highest BCUT2D eigenvalue weighted by Crippen LogP contribution is 2.44. The van der Waals surface area contributed by atoms with Crippen LogP contribution >= 0.6 is 0 Å². The molecule has 5 nitrogen and oxygen atoms in total. The molecule has 1 unspecified atom stereocenters. The van der Waals surface area contributed by atoms with Crippen LogP contribution in [0.5, 0.6) is 0 Å². The van der Waals surface area contributed by atoms with Gasteiger partial charge in [-0.3, -0.25) is 0 Å². The van der Waals surface area contributed by atoms with Gasteiger partial charge in [0, 0.05) is 25.1 Å². The molecule has 0 aliphatic heterocycles. The molecule has 24 heavy (non-hydrogen) atoms. The van der Waals surface area contributed by atoms with E-state index in [2.05, 4.69) is 34.9 Å². The van der Waals surface area contributed by atoms with Gasteiger partial charge in [0.15, 0.2) is 0 Å². The van der Waals surface area contributed by atoms with E-state index in [1.54, 1.807) is 0 Å². The summed E-state index contributed by atoms with van der Waals surface area (Å²) in [5.41, 5.74) is 2.69. The Morgan fingerprint density at radius 3 is 2.92 bits per heavy atom. The van der Waals surface area contributed by atoms with Gasteiger partial charge < -0.3 is 20.5 Å². The lowest BCUT2D eigenvalue weighted by Crippen LogP contribution is -2.40. The van der Waals surface area contributed by atoms with E-state index in [9.17, 15) is 9.90 Å². The maximum absolute atomic E-state index is 11.7. The maximum atomic E-state index is 11.7. The van der Waals surface area contributed by atoms with Crippen molar-refractivity contribution in [3.8, 4) is 0 Å². The van der Waals surface area contributed by atoms with Crippen LogP contribution in [0.4, 0.5) is 4.79 Å². The molecule has 0 spiro atoms. The number of rotatable bonds is 8. The number of aliphatic hydroxyl groups is 1. The first-order valence-corrected chi connectivity index (χ1v) is 9.04. The summed E-state index contributed by atoms with van der Waals surface area (Å²) < 4.78 is 6.03. The Morgan fingerprint density at radius 1 is 1.29 bits per heavy atom. The smallest absolute Gasteiger partial charge is 0.314 e. The fraction of sp³-hybridized carbons (Fsp3) is 0.632.